The minimum atomic E-state index is -3.98. The number of hydrogen-bond donors (Lipinski definition) is 2. The monoisotopic (exact) mass is 230 g/mol. The van der Waals surface area contributed by atoms with Crippen LogP contribution in [-0.4, -0.2) is 30.0 Å². The van der Waals surface area contributed by atoms with Crippen molar-refractivity contribution in [1.82, 2.24) is 0 Å². The van der Waals surface area contributed by atoms with Gasteiger partial charge in [-0.05, 0) is 19.1 Å². The van der Waals surface area contributed by atoms with Gasteiger partial charge in [0.15, 0.2) is 5.44 Å². The molecule has 0 fully saturated rings. The number of rotatable bonds is 3. The summed E-state index contributed by atoms with van der Waals surface area (Å²) in [6, 6.07) is 5.16. The van der Waals surface area contributed by atoms with Gasteiger partial charge in [0, 0.05) is 0 Å². The Morgan fingerprint density at radius 1 is 1.33 bits per heavy atom. The number of aliphatic hydroxyl groups is 1. The smallest absolute Gasteiger partial charge is 0.337 e. The molecule has 0 aliphatic rings. The van der Waals surface area contributed by atoms with Gasteiger partial charge in [-0.25, -0.2) is 13.2 Å². The SMILES string of the molecule is CC(O)S(=O)(=O)c1ccccc1C(=O)O. The molecule has 0 bridgehead atoms. The number of hydrogen-bond acceptors (Lipinski definition) is 4. The number of carboxylic acids is 1. The number of aliphatic hydroxyl groups excluding tert-OH is 1. The first-order valence-corrected chi connectivity index (χ1v) is 5.66. The van der Waals surface area contributed by atoms with Crippen molar-refractivity contribution in [3.05, 3.63) is 29.8 Å². The summed E-state index contributed by atoms with van der Waals surface area (Å²) < 4.78 is 23.1. The van der Waals surface area contributed by atoms with Crippen molar-refractivity contribution in [3.63, 3.8) is 0 Å². The molecule has 1 atom stereocenters. The molecule has 0 radical (unpaired) electrons. The molecule has 5 nitrogen and oxygen atoms in total. The highest BCUT2D eigenvalue weighted by atomic mass is 32.2. The summed E-state index contributed by atoms with van der Waals surface area (Å²) in [5.74, 6) is -1.34. The lowest BCUT2D eigenvalue weighted by Gasteiger charge is -2.09. The molecule has 0 amide bonds. The third kappa shape index (κ3) is 2.16. The van der Waals surface area contributed by atoms with Crippen LogP contribution >= 0.6 is 0 Å². The number of benzene rings is 1. The molecule has 1 aromatic carbocycles. The average molecular weight is 230 g/mol. The van der Waals surface area contributed by atoms with Crippen LogP contribution in [0.15, 0.2) is 29.2 Å². The zero-order valence-electron chi connectivity index (χ0n) is 7.91. The summed E-state index contributed by atoms with van der Waals surface area (Å²) in [6.45, 7) is 1.08. The first-order chi connectivity index (χ1) is 6.87. The van der Waals surface area contributed by atoms with Crippen LogP contribution in [0.5, 0.6) is 0 Å². The first-order valence-electron chi connectivity index (χ1n) is 4.11. The fourth-order valence-electron chi connectivity index (χ4n) is 1.08. The standard InChI is InChI=1S/C9H10O5S/c1-6(10)15(13,14)8-5-3-2-4-7(8)9(11)12/h2-6,10H,1H3,(H,11,12). The van der Waals surface area contributed by atoms with E-state index in [0.717, 1.165) is 13.0 Å². The Morgan fingerprint density at radius 3 is 2.33 bits per heavy atom. The van der Waals surface area contributed by atoms with Crippen LogP contribution in [0.25, 0.3) is 0 Å². The van der Waals surface area contributed by atoms with Gasteiger partial charge in [-0.2, -0.15) is 0 Å². The molecular formula is C9H10O5S. The second kappa shape index (κ2) is 4.00. The molecule has 15 heavy (non-hydrogen) atoms. The Kier molecular flexibility index (Phi) is 3.11. The van der Waals surface area contributed by atoms with Gasteiger partial charge in [0.2, 0.25) is 9.84 Å². The quantitative estimate of drug-likeness (QED) is 0.788. The first kappa shape index (κ1) is 11.7. The van der Waals surface area contributed by atoms with Crippen molar-refractivity contribution < 1.29 is 23.4 Å². The average Bonchev–Trinajstić information content (AvgIpc) is 2.17. The molecule has 0 aromatic heterocycles. The van der Waals surface area contributed by atoms with E-state index in [1.165, 1.54) is 18.2 Å². The van der Waals surface area contributed by atoms with Gasteiger partial charge in [0.1, 0.15) is 0 Å². The molecule has 1 aromatic rings. The molecule has 0 saturated heterocycles. The van der Waals surface area contributed by atoms with Crippen molar-refractivity contribution >= 4 is 15.8 Å². The minimum Gasteiger partial charge on any atom is -0.478 e. The highest BCUT2D eigenvalue weighted by molar-refractivity contribution is 7.92. The summed E-state index contributed by atoms with van der Waals surface area (Å²) >= 11 is 0. The summed E-state index contributed by atoms with van der Waals surface area (Å²) in [6.07, 6.45) is 0. The van der Waals surface area contributed by atoms with E-state index in [4.69, 9.17) is 10.2 Å². The molecular weight excluding hydrogens is 220 g/mol. The zero-order valence-corrected chi connectivity index (χ0v) is 8.73. The van der Waals surface area contributed by atoms with Gasteiger partial charge in [-0.15, -0.1) is 0 Å². The minimum absolute atomic E-state index is 0.335. The lowest BCUT2D eigenvalue weighted by molar-refractivity contribution is 0.0692. The van der Waals surface area contributed by atoms with Crippen molar-refractivity contribution in [1.29, 1.82) is 0 Å². The predicted octanol–water partition coefficient (Wildman–Crippen LogP) is 0.497. The second-order valence-electron chi connectivity index (χ2n) is 2.95. The lowest BCUT2D eigenvalue weighted by atomic mass is 10.2. The van der Waals surface area contributed by atoms with Crippen LogP contribution < -0.4 is 0 Å². The Morgan fingerprint density at radius 2 is 1.87 bits per heavy atom. The van der Waals surface area contributed by atoms with Crippen LogP contribution in [0.2, 0.25) is 0 Å². The van der Waals surface area contributed by atoms with Crippen LogP contribution in [0, 0.1) is 0 Å². The Labute approximate surface area is 86.9 Å². The van der Waals surface area contributed by atoms with Crippen LogP contribution in [-0.2, 0) is 9.84 Å². The summed E-state index contributed by atoms with van der Waals surface area (Å²) in [5, 5.41) is 17.8. The lowest BCUT2D eigenvalue weighted by Crippen LogP contribution is -2.19. The second-order valence-corrected chi connectivity index (χ2v) is 5.16. The number of aromatic carboxylic acids is 1. The van der Waals surface area contributed by atoms with E-state index in [1.807, 2.05) is 0 Å². The van der Waals surface area contributed by atoms with Crippen molar-refractivity contribution in [2.75, 3.05) is 0 Å². The number of carbonyl (C=O) groups is 1. The largest absolute Gasteiger partial charge is 0.478 e. The molecule has 6 heteroatoms. The van der Waals surface area contributed by atoms with Gasteiger partial charge in [0.25, 0.3) is 0 Å². The van der Waals surface area contributed by atoms with Gasteiger partial charge in [-0.3, -0.25) is 0 Å². The van der Waals surface area contributed by atoms with Crippen molar-refractivity contribution in [3.8, 4) is 0 Å². The maximum Gasteiger partial charge on any atom is 0.337 e. The normalized spacial score (nSPS) is 13.5. The van der Waals surface area contributed by atoms with E-state index in [9.17, 15) is 13.2 Å². The van der Waals surface area contributed by atoms with E-state index in [0.29, 0.717) is 0 Å². The summed E-state index contributed by atoms with van der Waals surface area (Å²) in [7, 11) is -3.98. The number of sulfone groups is 1. The molecule has 82 valence electrons. The van der Waals surface area contributed by atoms with Crippen LogP contribution in [0.3, 0.4) is 0 Å². The van der Waals surface area contributed by atoms with E-state index in [1.54, 1.807) is 0 Å². The summed E-state index contributed by atoms with van der Waals surface area (Å²) in [5.41, 5.74) is -1.96. The maximum absolute atomic E-state index is 11.5. The highest BCUT2D eigenvalue weighted by Gasteiger charge is 2.26. The zero-order chi connectivity index (χ0) is 11.6. The topological polar surface area (TPSA) is 91.7 Å². The van der Waals surface area contributed by atoms with Crippen molar-refractivity contribution in [2.45, 2.75) is 17.3 Å². The fourth-order valence-corrected chi connectivity index (χ4v) is 2.17. The molecule has 0 aliphatic heterocycles. The Hall–Kier alpha value is -1.40. The number of carboxylic acid groups (broad SMARTS) is 1. The molecule has 0 saturated carbocycles. The third-order valence-corrected chi connectivity index (χ3v) is 3.74. The van der Waals surface area contributed by atoms with Crippen molar-refractivity contribution in [2.24, 2.45) is 0 Å². The van der Waals surface area contributed by atoms with E-state index < -0.39 is 21.2 Å². The highest BCUT2D eigenvalue weighted by Crippen LogP contribution is 2.19. The van der Waals surface area contributed by atoms with Crippen LogP contribution in [0.1, 0.15) is 17.3 Å². The molecule has 0 aliphatic carbocycles. The maximum atomic E-state index is 11.5. The molecule has 1 unspecified atom stereocenters. The molecule has 0 heterocycles. The molecule has 1 rings (SSSR count). The van der Waals surface area contributed by atoms with Crippen LogP contribution in [0.4, 0.5) is 0 Å². The van der Waals surface area contributed by atoms with E-state index in [2.05, 4.69) is 0 Å². The molecule has 0 spiro atoms. The van der Waals surface area contributed by atoms with E-state index in [-0.39, 0.29) is 10.5 Å². The van der Waals surface area contributed by atoms with Gasteiger partial charge >= 0.3 is 5.97 Å². The third-order valence-electron chi connectivity index (χ3n) is 1.87. The summed E-state index contributed by atoms with van der Waals surface area (Å²) in [4.78, 5) is 10.4. The fraction of sp³-hybridized carbons (Fsp3) is 0.222. The van der Waals surface area contributed by atoms with E-state index >= 15 is 0 Å². The Balaban J connectivity index is 3.45. The predicted molar refractivity (Wildman–Crippen MR) is 52.3 cm³/mol. The Bertz CT molecular complexity index is 475. The van der Waals surface area contributed by atoms with Gasteiger partial charge in [0.05, 0.1) is 10.5 Å². The van der Waals surface area contributed by atoms with Gasteiger partial charge in [-0.1, -0.05) is 12.1 Å². The molecule has 2 N–H and O–H groups in total. The van der Waals surface area contributed by atoms with Gasteiger partial charge < -0.3 is 10.2 Å².